The van der Waals surface area contributed by atoms with Crippen LogP contribution in [-0.4, -0.2) is 16.3 Å². The zero-order valence-corrected chi connectivity index (χ0v) is 14.7. The minimum absolute atomic E-state index is 0.0900. The number of benzene rings is 2. The molecule has 0 amide bonds. The minimum atomic E-state index is -0.531. The fourth-order valence-electron chi connectivity index (χ4n) is 2.81. The molecule has 6 nitrogen and oxygen atoms in total. The minimum Gasteiger partial charge on any atom is -0.354 e. The third kappa shape index (κ3) is 4.12. The SMILES string of the molecule is O=[N+]([O-])c1cc(/C=N\NC(=S)N[C@@H]2CCc3ccccc32)ccc1Cl. The number of nitrogens with zero attached hydrogens (tertiary/aromatic N) is 2. The Morgan fingerprint density at radius 3 is 2.96 bits per heavy atom. The standard InChI is InChI=1S/C17H15ClN4O2S/c18-14-7-5-11(9-16(14)22(23)24)10-19-21-17(25)20-15-8-6-12-3-1-2-4-13(12)15/h1-5,7,9-10,15H,6,8H2,(H2,20,21,25)/b19-10-/t15-/m1/s1. The van der Waals surface area contributed by atoms with E-state index in [1.54, 1.807) is 6.07 Å². The van der Waals surface area contributed by atoms with Gasteiger partial charge in [-0.05, 0) is 42.3 Å². The molecular weight excluding hydrogens is 360 g/mol. The lowest BCUT2D eigenvalue weighted by Crippen LogP contribution is -2.34. The zero-order valence-electron chi connectivity index (χ0n) is 13.1. The first kappa shape index (κ1) is 17.3. The summed E-state index contributed by atoms with van der Waals surface area (Å²) in [6, 6.07) is 12.9. The molecule has 0 heterocycles. The van der Waals surface area contributed by atoms with Crippen LogP contribution < -0.4 is 10.7 Å². The van der Waals surface area contributed by atoms with E-state index in [4.69, 9.17) is 23.8 Å². The summed E-state index contributed by atoms with van der Waals surface area (Å²) in [5.41, 5.74) is 5.72. The van der Waals surface area contributed by atoms with Crippen LogP contribution in [0.25, 0.3) is 0 Å². The van der Waals surface area contributed by atoms with Crippen molar-refractivity contribution in [3.05, 3.63) is 74.3 Å². The highest BCUT2D eigenvalue weighted by Gasteiger charge is 2.22. The highest BCUT2D eigenvalue weighted by Crippen LogP contribution is 2.30. The van der Waals surface area contributed by atoms with Gasteiger partial charge in [-0.15, -0.1) is 0 Å². The van der Waals surface area contributed by atoms with Gasteiger partial charge in [-0.3, -0.25) is 15.5 Å². The summed E-state index contributed by atoms with van der Waals surface area (Å²) < 4.78 is 0. The Bertz CT molecular complexity index is 856. The number of halogens is 1. The molecule has 0 aliphatic heterocycles. The molecular formula is C17H15ClN4O2S. The normalized spacial score (nSPS) is 15.8. The molecule has 8 heteroatoms. The lowest BCUT2D eigenvalue weighted by molar-refractivity contribution is -0.384. The molecule has 3 rings (SSSR count). The van der Waals surface area contributed by atoms with Crippen molar-refractivity contribution in [1.82, 2.24) is 10.7 Å². The van der Waals surface area contributed by atoms with Gasteiger partial charge in [-0.25, -0.2) is 0 Å². The van der Waals surface area contributed by atoms with E-state index in [9.17, 15) is 10.1 Å². The highest BCUT2D eigenvalue weighted by molar-refractivity contribution is 7.80. The van der Waals surface area contributed by atoms with Crippen LogP contribution in [0.1, 0.15) is 29.2 Å². The molecule has 2 N–H and O–H groups in total. The number of aryl methyl sites for hydroxylation is 1. The van der Waals surface area contributed by atoms with E-state index in [0.717, 1.165) is 12.8 Å². The van der Waals surface area contributed by atoms with Gasteiger partial charge in [0.05, 0.1) is 17.2 Å². The smallest absolute Gasteiger partial charge is 0.288 e. The summed E-state index contributed by atoms with van der Waals surface area (Å²) >= 11 is 11.0. The highest BCUT2D eigenvalue weighted by atomic mass is 35.5. The quantitative estimate of drug-likeness (QED) is 0.369. The summed E-state index contributed by atoms with van der Waals surface area (Å²) in [5, 5.41) is 18.6. The Kier molecular flexibility index (Phi) is 5.25. The topological polar surface area (TPSA) is 79.6 Å². The maximum absolute atomic E-state index is 10.9. The van der Waals surface area contributed by atoms with Gasteiger partial charge in [0.25, 0.3) is 5.69 Å². The van der Waals surface area contributed by atoms with Gasteiger partial charge >= 0.3 is 0 Å². The largest absolute Gasteiger partial charge is 0.354 e. The van der Waals surface area contributed by atoms with E-state index in [1.165, 1.54) is 29.5 Å². The molecule has 1 aliphatic carbocycles. The van der Waals surface area contributed by atoms with Crippen LogP contribution in [0, 0.1) is 10.1 Å². The Morgan fingerprint density at radius 1 is 1.36 bits per heavy atom. The summed E-state index contributed by atoms with van der Waals surface area (Å²) in [5.74, 6) is 0. The van der Waals surface area contributed by atoms with Crippen LogP contribution in [0.5, 0.6) is 0 Å². The molecule has 0 saturated heterocycles. The van der Waals surface area contributed by atoms with Crippen molar-refractivity contribution in [3.8, 4) is 0 Å². The van der Waals surface area contributed by atoms with Gasteiger partial charge in [0.15, 0.2) is 5.11 Å². The molecule has 0 spiro atoms. The second-order valence-corrected chi connectivity index (χ2v) is 6.42. The second kappa shape index (κ2) is 7.58. The Morgan fingerprint density at radius 2 is 2.16 bits per heavy atom. The number of thiocarbonyl (C=S) groups is 1. The van der Waals surface area contributed by atoms with Crippen molar-refractivity contribution in [2.24, 2.45) is 5.10 Å². The van der Waals surface area contributed by atoms with Crippen LogP contribution in [-0.2, 0) is 6.42 Å². The average molecular weight is 375 g/mol. The van der Waals surface area contributed by atoms with Gasteiger partial charge in [-0.1, -0.05) is 41.9 Å². The number of hydrazone groups is 1. The summed E-state index contributed by atoms with van der Waals surface area (Å²) in [4.78, 5) is 10.3. The van der Waals surface area contributed by atoms with Crippen molar-refractivity contribution in [2.75, 3.05) is 0 Å². The van der Waals surface area contributed by atoms with Crippen molar-refractivity contribution >= 4 is 40.8 Å². The molecule has 0 aromatic heterocycles. The number of fused-ring (bicyclic) bond motifs is 1. The molecule has 0 bridgehead atoms. The zero-order chi connectivity index (χ0) is 17.8. The van der Waals surface area contributed by atoms with E-state index in [1.807, 2.05) is 12.1 Å². The maximum atomic E-state index is 10.9. The van der Waals surface area contributed by atoms with Crippen molar-refractivity contribution < 1.29 is 4.92 Å². The molecule has 0 unspecified atom stereocenters. The van der Waals surface area contributed by atoms with E-state index < -0.39 is 4.92 Å². The summed E-state index contributed by atoms with van der Waals surface area (Å²) in [6.07, 6.45) is 3.46. The lowest BCUT2D eigenvalue weighted by Gasteiger charge is -2.15. The maximum Gasteiger partial charge on any atom is 0.288 e. The first-order chi connectivity index (χ1) is 12.0. The number of hydrogen-bond donors (Lipinski definition) is 2. The van der Waals surface area contributed by atoms with Gasteiger partial charge in [0.2, 0.25) is 0 Å². The van der Waals surface area contributed by atoms with Crippen molar-refractivity contribution in [1.29, 1.82) is 0 Å². The third-order valence-corrected chi connectivity index (χ3v) is 4.51. The number of nitrogens with one attached hydrogen (secondary N) is 2. The first-order valence-electron chi connectivity index (χ1n) is 7.66. The molecule has 1 atom stereocenters. The number of rotatable bonds is 4. The number of nitro groups is 1. The molecule has 25 heavy (non-hydrogen) atoms. The first-order valence-corrected chi connectivity index (χ1v) is 8.44. The molecule has 1 aliphatic rings. The Labute approximate surface area is 155 Å². The fraction of sp³-hybridized carbons (Fsp3) is 0.176. The average Bonchev–Trinajstić information content (AvgIpc) is 2.99. The van der Waals surface area contributed by atoms with Crippen LogP contribution in [0.3, 0.4) is 0 Å². The number of nitro benzene ring substituents is 1. The molecule has 0 saturated carbocycles. The molecule has 128 valence electrons. The van der Waals surface area contributed by atoms with Crippen molar-refractivity contribution in [2.45, 2.75) is 18.9 Å². The molecule has 2 aromatic rings. The lowest BCUT2D eigenvalue weighted by atomic mass is 10.1. The van der Waals surface area contributed by atoms with E-state index in [2.05, 4.69) is 28.0 Å². The van der Waals surface area contributed by atoms with Crippen LogP contribution in [0.2, 0.25) is 5.02 Å². The summed E-state index contributed by atoms with van der Waals surface area (Å²) in [6.45, 7) is 0. The summed E-state index contributed by atoms with van der Waals surface area (Å²) in [7, 11) is 0. The second-order valence-electron chi connectivity index (χ2n) is 5.60. The predicted octanol–water partition coefficient (Wildman–Crippen LogP) is 3.73. The van der Waals surface area contributed by atoms with Crippen LogP contribution >= 0.6 is 23.8 Å². The van der Waals surface area contributed by atoms with Gasteiger partial charge < -0.3 is 5.32 Å². The van der Waals surface area contributed by atoms with Crippen LogP contribution in [0.4, 0.5) is 5.69 Å². The van der Waals surface area contributed by atoms with Crippen molar-refractivity contribution in [3.63, 3.8) is 0 Å². The van der Waals surface area contributed by atoms with E-state index in [-0.39, 0.29) is 16.8 Å². The van der Waals surface area contributed by atoms with Gasteiger partial charge in [0.1, 0.15) is 5.02 Å². The molecule has 0 fully saturated rings. The Hall–Kier alpha value is -2.51. The molecule has 0 radical (unpaired) electrons. The van der Waals surface area contributed by atoms with E-state index in [0.29, 0.717) is 10.7 Å². The monoisotopic (exact) mass is 374 g/mol. The molecule has 2 aromatic carbocycles. The Balaban J connectivity index is 1.59. The number of hydrogen-bond acceptors (Lipinski definition) is 4. The predicted molar refractivity (Wildman–Crippen MR) is 102 cm³/mol. The van der Waals surface area contributed by atoms with E-state index >= 15 is 0 Å². The van der Waals surface area contributed by atoms with Gasteiger partial charge in [0, 0.05) is 11.6 Å². The van der Waals surface area contributed by atoms with Crippen LogP contribution in [0.15, 0.2) is 47.6 Å². The third-order valence-electron chi connectivity index (χ3n) is 3.98. The van der Waals surface area contributed by atoms with Gasteiger partial charge in [-0.2, -0.15) is 5.10 Å². The fourth-order valence-corrected chi connectivity index (χ4v) is 3.19.